The Kier molecular flexibility index (Phi) is 5.50. The summed E-state index contributed by atoms with van der Waals surface area (Å²) in [5.74, 6) is -1.41. The fraction of sp³-hybridized carbons (Fsp3) is 0.417. The second-order valence-corrected chi connectivity index (χ2v) is 3.99. The van der Waals surface area contributed by atoms with E-state index < -0.39 is 18.6 Å². The van der Waals surface area contributed by atoms with Crippen molar-refractivity contribution in [2.24, 2.45) is 5.73 Å². The van der Waals surface area contributed by atoms with Crippen molar-refractivity contribution in [2.45, 2.75) is 25.4 Å². The SMILES string of the molecule is NCCC[C@@H](C(=O)O)N(c1ccc(O)cc1)C(F)F. The molecule has 0 fully saturated rings. The summed E-state index contributed by atoms with van der Waals surface area (Å²) in [6.45, 7) is -2.72. The first kappa shape index (κ1) is 15.2. The zero-order chi connectivity index (χ0) is 14.4. The van der Waals surface area contributed by atoms with Crippen molar-refractivity contribution in [3.8, 4) is 5.75 Å². The van der Waals surface area contributed by atoms with Gasteiger partial charge in [-0.15, -0.1) is 0 Å². The maximum atomic E-state index is 13.1. The first-order valence-electron chi connectivity index (χ1n) is 5.75. The van der Waals surface area contributed by atoms with Crippen LogP contribution in [0.5, 0.6) is 5.75 Å². The van der Waals surface area contributed by atoms with Gasteiger partial charge in [-0.1, -0.05) is 0 Å². The zero-order valence-electron chi connectivity index (χ0n) is 10.2. The number of phenols is 1. The van der Waals surface area contributed by atoms with Crippen LogP contribution in [0.4, 0.5) is 14.5 Å². The molecule has 19 heavy (non-hydrogen) atoms. The van der Waals surface area contributed by atoms with Crippen LogP contribution in [-0.4, -0.2) is 35.3 Å². The fourth-order valence-corrected chi connectivity index (χ4v) is 1.75. The number of carbonyl (C=O) groups is 1. The van der Waals surface area contributed by atoms with E-state index in [0.29, 0.717) is 11.3 Å². The summed E-state index contributed by atoms with van der Waals surface area (Å²) in [6, 6.07) is 3.60. The van der Waals surface area contributed by atoms with Crippen molar-refractivity contribution in [3.63, 3.8) is 0 Å². The van der Waals surface area contributed by atoms with Crippen molar-refractivity contribution in [3.05, 3.63) is 24.3 Å². The highest BCUT2D eigenvalue weighted by atomic mass is 19.3. The molecule has 0 aliphatic heterocycles. The molecule has 0 spiro atoms. The predicted octanol–water partition coefficient (Wildman–Crippen LogP) is 1.61. The molecule has 1 aromatic rings. The number of hydrogen-bond donors (Lipinski definition) is 3. The van der Waals surface area contributed by atoms with Crippen molar-refractivity contribution in [1.29, 1.82) is 0 Å². The Balaban J connectivity index is 3.02. The van der Waals surface area contributed by atoms with Crippen LogP contribution >= 0.6 is 0 Å². The van der Waals surface area contributed by atoms with Gasteiger partial charge in [-0.3, -0.25) is 0 Å². The molecule has 0 aliphatic rings. The first-order valence-corrected chi connectivity index (χ1v) is 5.75. The van der Waals surface area contributed by atoms with Gasteiger partial charge in [-0.2, -0.15) is 8.78 Å². The molecule has 0 heterocycles. The van der Waals surface area contributed by atoms with Crippen LogP contribution in [0.1, 0.15) is 12.8 Å². The van der Waals surface area contributed by atoms with Crippen LogP contribution < -0.4 is 10.6 Å². The van der Waals surface area contributed by atoms with Crippen molar-refractivity contribution < 1.29 is 23.8 Å². The molecule has 0 unspecified atom stereocenters. The van der Waals surface area contributed by atoms with E-state index in [9.17, 15) is 13.6 Å². The number of rotatable bonds is 7. The third kappa shape index (κ3) is 4.06. The fourth-order valence-electron chi connectivity index (χ4n) is 1.75. The molecule has 106 valence electrons. The molecule has 1 aromatic carbocycles. The van der Waals surface area contributed by atoms with Crippen LogP contribution in [0.15, 0.2) is 24.3 Å². The minimum atomic E-state index is -2.96. The van der Waals surface area contributed by atoms with Crippen LogP contribution in [0.3, 0.4) is 0 Å². The predicted molar refractivity (Wildman–Crippen MR) is 66.3 cm³/mol. The van der Waals surface area contributed by atoms with Crippen molar-refractivity contribution in [1.82, 2.24) is 0 Å². The lowest BCUT2D eigenvalue weighted by Gasteiger charge is -2.30. The summed E-state index contributed by atoms with van der Waals surface area (Å²) in [6.07, 6.45) is 0.356. The lowest BCUT2D eigenvalue weighted by molar-refractivity contribution is -0.139. The number of hydrogen-bond acceptors (Lipinski definition) is 4. The summed E-state index contributed by atoms with van der Waals surface area (Å²) in [4.78, 5) is 11.6. The number of anilines is 1. The van der Waals surface area contributed by atoms with Gasteiger partial charge in [0.15, 0.2) is 0 Å². The normalized spacial score (nSPS) is 12.4. The summed E-state index contributed by atoms with van der Waals surface area (Å²) in [5.41, 5.74) is 5.32. The van der Waals surface area contributed by atoms with E-state index >= 15 is 0 Å². The molecule has 4 N–H and O–H groups in total. The monoisotopic (exact) mass is 274 g/mol. The number of carboxylic acid groups (broad SMARTS) is 1. The smallest absolute Gasteiger partial charge is 0.326 e. The standard InChI is InChI=1S/C12H16F2N2O3/c13-12(14)16(8-3-5-9(17)6-4-8)10(11(18)19)2-1-7-15/h3-6,10,12,17H,1-2,7,15H2,(H,18,19)/t10-/m0/s1. The highest BCUT2D eigenvalue weighted by molar-refractivity contribution is 5.78. The van der Waals surface area contributed by atoms with Gasteiger partial charge >= 0.3 is 12.5 Å². The second kappa shape index (κ2) is 6.89. The topological polar surface area (TPSA) is 86.8 Å². The van der Waals surface area contributed by atoms with Crippen LogP contribution in [0, 0.1) is 0 Å². The van der Waals surface area contributed by atoms with Gasteiger partial charge in [-0.25, -0.2) is 4.79 Å². The zero-order valence-corrected chi connectivity index (χ0v) is 10.2. The number of nitrogens with two attached hydrogens (primary N) is 1. The molecule has 0 saturated carbocycles. The number of carboxylic acids is 1. The molecule has 1 atom stereocenters. The van der Waals surface area contributed by atoms with Gasteiger partial charge < -0.3 is 20.8 Å². The average molecular weight is 274 g/mol. The van der Waals surface area contributed by atoms with Gasteiger partial charge in [0.2, 0.25) is 0 Å². The van der Waals surface area contributed by atoms with Gasteiger partial charge in [0.25, 0.3) is 0 Å². The molecule has 0 radical (unpaired) electrons. The molecule has 0 amide bonds. The highest BCUT2D eigenvalue weighted by Gasteiger charge is 2.31. The van der Waals surface area contributed by atoms with Crippen LogP contribution in [-0.2, 0) is 4.79 Å². The number of nitrogens with zero attached hydrogens (tertiary/aromatic N) is 1. The van der Waals surface area contributed by atoms with Gasteiger partial charge in [0.1, 0.15) is 11.8 Å². The van der Waals surface area contributed by atoms with E-state index in [4.69, 9.17) is 15.9 Å². The Morgan fingerprint density at radius 2 is 1.89 bits per heavy atom. The minimum Gasteiger partial charge on any atom is -0.508 e. The molecular weight excluding hydrogens is 258 g/mol. The molecule has 0 aliphatic carbocycles. The Morgan fingerprint density at radius 1 is 1.32 bits per heavy atom. The number of halogens is 2. The summed E-state index contributed by atoms with van der Waals surface area (Å²) in [5, 5.41) is 18.2. The largest absolute Gasteiger partial charge is 0.508 e. The quantitative estimate of drug-likeness (QED) is 0.658. The first-order chi connectivity index (χ1) is 8.97. The van der Waals surface area contributed by atoms with E-state index in [-0.39, 0.29) is 24.4 Å². The molecular formula is C12H16F2N2O3. The summed E-state index contributed by atoms with van der Waals surface area (Å²) in [7, 11) is 0. The van der Waals surface area contributed by atoms with E-state index in [1.54, 1.807) is 0 Å². The van der Waals surface area contributed by atoms with Crippen LogP contribution in [0.25, 0.3) is 0 Å². The lowest BCUT2D eigenvalue weighted by Crippen LogP contribution is -2.44. The van der Waals surface area contributed by atoms with E-state index in [1.807, 2.05) is 0 Å². The van der Waals surface area contributed by atoms with Gasteiger partial charge in [0.05, 0.1) is 0 Å². The van der Waals surface area contributed by atoms with Crippen molar-refractivity contribution in [2.75, 3.05) is 11.4 Å². The molecule has 7 heteroatoms. The Morgan fingerprint density at radius 3 is 2.32 bits per heavy atom. The maximum absolute atomic E-state index is 13.1. The number of aliphatic carboxylic acids is 1. The summed E-state index contributed by atoms with van der Waals surface area (Å²) >= 11 is 0. The minimum absolute atomic E-state index is 0.0249. The number of benzene rings is 1. The Bertz CT molecular complexity index is 412. The van der Waals surface area contributed by atoms with Gasteiger partial charge in [0, 0.05) is 5.69 Å². The third-order valence-electron chi connectivity index (χ3n) is 2.66. The molecule has 0 bridgehead atoms. The number of phenolic OH excluding ortho intramolecular Hbond substituents is 1. The van der Waals surface area contributed by atoms with E-state index in [0.717, 1.165) is 0 Å². The molecule has 0 saturated heterocycles. The molecule has 5 nitrogen and oxygen atoms in total. The van der Waals surface area contributed by atoms with Crippen molar-refractivity contribution >= 4 is 11.7 Å². The molecule has 1 rings (SSSR count). The summed E-state index contributed by atoms with van der Waals surface area (Å²) < 4.78 is 26.2. The number of aromatic hydroxyl groups is 1. The highest BCUT2D eigenvalue weighted by Crippen LogP contribution is 2.25. The Hall–Kier alpha value is -1.89. The van der Waals surface area contributed by atoms with E-state index in [1.165, 1.54) is 24.3 Å². The maximum Gasteiger partial charge on any atom is 0.326 e. The molecule has 0 aromatic heterocycles. The Labute approximate surface area is 109 Å². The average Bonchev–Trinajstić information content (AvgIpc) is 2.35. The van der Waals surface area contributed by atoms with E-state index in [2.05, 4.69) is 0 Å². The number of alkyl halides is 2. The third-order valence-corrected chi connectivity index (χ3v) is 2.66. The van der Waals surface area contributed by atoms with Gasteiger partial charge in [-0.05, 0) is 43.7 Å². The lowest BCUT2D eigenvalue weighted by atomic mass is 10.1. The van der Waals surface area contributed by atoms with Crippen LogP contribution in [0.2, 0.25) is 0 Å². The second-order valence-electron chi connectivity index (χ2n) is 3.99.